The van der Waals surface area contributed by atoms with Crippen LogP contribution in [0.4, 0.5) is 11.4 Å². The number of nitrogens with zero attached hydrogens (tertiary/aromatic N) is 2. The molecule has 0 radical (unpaired) electrons. The van der Waals surface area contributed by atoms with Crippen molar-refractivity contribution in [3.05, 3.63) is 30.5 Å². The molecule has 1 fully saturated rings. The number of fused-ring (bicyclic) bond motifs is 1. The zero-order chi connectivity index (χ0) is 14.8. The number of likely N-dealkylation sites (tertiary alicyclic amines) is 1. The van der Waals surface area contributed by atoms with Gasteiger partial charge in [0, 0.05) is 36.4 Å². The van der Waals surface area contributed by atoms with Crippen LogP contribution in [0, 0.1) is 5.92 Å². The predicted molar refractivity (Wildman–Crippen MR) is 89.5 cm³/mol. The lowest BCUT2D eigenvalue weighted by atomic mass is 10.1. The van der Waals surface area contributed by atoms with E-state index in [0.717, 1.165) is 28.8 Å². The number of hydrogen-bond acceptors (Lipinski definition) is 4. The van der Waals surface area contributed by atoms with Gasteiger partial charge in [-0.2, -0.15) is 0 Å². The molecule has 0 saturated carbocycles. The zero-order valence-corrected chi connectivity index (χ0v) is 12.8. The molecule has 0 aliphatic carbocycles. The van der Waals surface area contributed by atoms with E-state index in [4.69, 9.17) is 5.73 Å². The minimum absolute atomic E-state index is 0.647. The van der Waals surface area contributed by atoms with Crippen LogP contribution in [0.3, 0.4) is 0 Å². The van der Waals surface area contributed by atoms with Crippen LogP contribution in [0.15, 0.2) is 30.5 Å². The maximum atomic E-state index is 6.02. The van der Waals surface area contributed by atoms with Crippen molar-refractivity contribution in [1.82, 2.24) is 9.88 Å². The highest BCUT2D eigenvalue weighted by Gasteiger charge is 2.23. The first-order valence-electron chi connectivity index (χ1n) is 7.76. The maximum Gasteiger partial charge on any atom is 0.0953 e. The third-order valence-electron chi connectivity index (χ3n) is 4.43. The molecule has 1 unspecified atom stereocenters. The average molecular weight is 284 g/mol. The van der Waals surface area contributed by atoms with E-state index in [1.807, 2.05) is 30.5 Å². The van der Waals surface area contributed by atoms with Gasteiger partial charge in [-0.1, -0.05) is 0 Å². The quantitative estimate of drug-likeness (QED) is 0.848. The molecule has 112 valence electrons. The summed E-state index contributed by atoms with van der Waals surface area (Å²) in [5, 5.41) is 4.60. The standard InChI is InChI=1S/C17H24N4/c1-12(2)21-9-7-13(11-21)10-20-16-6-5-15(18)14-4-3-8-19-17(14)16/h3-6,8,12-13,20H,7,9-11,18H2,1-2H3. The lowest BCUT2D eigenvalue weighted by Crippen LogP contribution is -2.29. The van der Waals surface area contributed by atoms with Crippen molar-refractivity contribution in [3.8, 4) is 0 Å². The number of anilines is 2. The van der Waals surface area contributed by atoms with E-state index >= 15 is 0 Å². The average Bonchev–Trinajstić information content (AvgIpc) is 2.96. The van der Waals surface area contributed by atoms with Gasteiger partial charge < -0.3 is 16.0 Å². The Kier molecular flexibility index (Phi) is 3.97. The smallest absolute Gasteiger partial charge is 0.0953 e. The Balaban J connectivity index is 1.70. The summed E-state index contributed by atoms with van der Waals surface area (Å²) in [6, 6.07) is 8.61. The summed E-state index contributed by atoms with van der Waals surface area (Å²) in [5.41, 5.74) is 8.86. The Morgan fingerprint density at radius 3 is 3.00 bits per heavy atom. The number of nitrogen functional groups attached to an aromatic ring is 1. The molecule has 3 rings (SSSR count). The first-order chi connectivity index (χ1) is 10.1. The number of nitrogens with two attached hydrogens (primary N) is 1. The first-order valence-corrected chi connectivity index (χ1v) is 7.76. The monoisotopic (exact) mass is 284 g/mol. The van der Waals surface area contributed by atoms with Crippen molar-refractivity contribution in [2.24, 2.45) is 5.92 Å². The van der Waals surface area contributed by atoms with E-state index < -0.39 is 0 Å². The van der Waals surface area contributed by atoms with Gasteiger partial charge >= 0.3 is 0 Å². The number of rotatable bonds is 4. The fourth-order valence-electron chi connectivity index (χ4n) is 3.09. The fraction of sp³-hybridized carbons (Fsp3) is 0.471. The summed E-state index contributed by atoms with van der Waals surface area (Å²) in [5.74, 6) is 0.712. The van der Waals surface area contributed by atoms with Gasteiger partial charge in [0.25, 0.3) is 0 Å². The normalized spacial score (nSPS) is 19.5. The van der Waals surface area contributed by atoms with Crippen molar-refractivity contribution in [1.29, 1.82) is 0 Å². The van der Waals surface area contributed by atoms with E-state index in [1.54, 1.807) is 0 Å². The predicted octanol–water partition coefficient (Wildman–Crippen LogP) is 2.96. The van der Waals surface area contributed by atoms with Crippen LogP contribution in [0.5, 0.6) is 0 Å². The van der Waals surface area contributed by atoms with E-state index in [9.17, 15) is 0 Å². The molecular weight excluding hydrogens is 260 g/mol. The Morgan fingerprint density at radius 2 is 2.24 bits per heavy atom. The number of aromatic nitrogens is 1. The van der Waals surface area contributed by atoms with Crippen LogP contribution in [-0.2, 0) is 0 Å². The maximum absolute atomic E-state index is 6.02. The van der Waals surface area contributed by atoms with Gasteiger partial charge in [-0.15, -0.1) is 0 Å². The second-order valence-electron chi connectivity index (χ2n) is 6.23. The van der Waals surface area contributed by atoms with Gasteiger partial charge in [0.1, 0.15) is 0 Å². The number of pyridine rings is 1. The number of hydrogen-bond donors (Lipinski definition) is 2. The minimum atomic E-state index is 0.647. The molecule has 4 nitrogen and oxygen atoms in total. The van der Waals surface area contributed by atoms with E-state index in [-0.39, 0.29) is 0 Å². The molecule has 2 heterocycles. The Labute approximate surface area is 126 Å². The lowest BCUT2D eigenvalue weighted by Gasteiger charge is -2.20. The molecule has 1 aliphatic rings. The van der Waals surface area contributed by atoms with Gasteiger partial charge in [0.2, 0.25) is 0 Å². The summed E-state index contributed by atoms with van der Waals surface area (Å²) >= 11 is 0. The van der Waals surface area contributed by atoms with E-state index in [1.165, 1.54) is 19.5 Å². The molecule has 21 heavy (non-hydrogen) atoms. The summed E-state index contributed by atoms with van der Waals surface area (Å²) in [6.07, 6.45) is 3.09. The molecule has 1 aromatic heterocycles. The van der Waals surface area contributed by atoms with Crippen molar-refractivity contribution in [2.45, 2.75) is 26.3 Å². The van der Waals surface area contributed by atoms with E-state index in [0.29, 0.717) is 12.0 Å². The third-order valence-corrected chi connectivity index (χ3v) is 4.43. The summed E-state index contributed by atoms with van der Waals surface area (Å²) in [4.78, 5) is 7.02. The first kappa shape index (κ1) is 14.1. The molecule has 1 saturated heterocycles. The second kappa shape index (κ2) is 5.90. The van der Waals surface area contributed by atoms with Crippen LogP contribution < -0.4 is 11.1 Å². The van der Waals surface area contributed by atoms with Crippen molar-refractivity contribution in [2.75, 3.05) is 30.7 Å². The molecule has 3 N–H and O–H groups in total. The molecule has 1 atom stereocenters. The van der Waals surface area contributed by atoms with Gasteiger partial charge in [-0.3, -0.25) is 4.98 Å². The largest absolute Gasteiger partial charge is 0.398 e. The van der Waals surface area contributed by atoms with Crippen molar-refractivity contribution >= 4 is 22.3 Å². The fourth-order valence-corrected chi connectivity index (χ4v) is 3.09. The molecule has 1 aromatic carbocycles. The minimum Gasteiger partial charge on any atom is -0.398 e. The molecule has 0 amide bonds. The Morgan fingerprint density at radius 1 is 1.38 bits per heavy atom. The van der Waals surface area contributed by atoms with Gasteiger partial charge in [0.05, 0.1) is 11.2 Å². The van der Waals surface area contributed by atoms with Gasteiger partial charge in [-0.05, 0) is 57.0 Å². The molecule has 1 aliphatic heterocycles. The molecule has 0 spiro atoms. The Hall–Kier alpha value is -1.81. The SMILES string of the molecule is CC(C)N1CCC(CNc2ccc(N)c3cccnc23)C1. The molecule has 0 bridgehead atoms. The lowest BCUT2D eigenvalue weighted by molar-refractivity contribution is 0.266. The highest BCUT2D eigenvalue weighted by molar-refractivity contribution is 5.98. The molecular formula is C17H24N4. The van der Waals surface area contributed by atoms with Gasteiger partial charge in [-0.25, -0.2) is 0 Å². The van der Waals surface area contributed by atoms with Crippen molar-refractivity contribution in [3.63, 3.8) is 0 Å². The highest BCUT2D eigenvalue weighted by Crippen LogP contribution is 2.27. The zero-order valence-electron chi connectivity index (χ0n) is 12.8. The van der Waals surface area contributed by atoms with E-state index in [2.05, 4.69) is 29.0 Å². The summed E-state index contributed by atoms with van der Waals surface area (Å²) in [7, 11) is 0. The van der Waals surface area contributed by atoms with Gasteiger partial charge in [0.15, 0.2) is 0 Å². The third kappa shape index (κ3) is 2.95. The number of nitrogens with one attached hydrogen (secondary N) is 1. The van der Waals surface area contributed by atoms with Crippen LogP contribution in [0.1, 0.15) is 20.3 Å². The van der Waals surface area contributed by atoms with Crippen LogP contribution in [-0.4, -0.2) is 35.6 Å². The Bertz CT molecular complexity index is 623. The van der Waals surface area contributed by atoms with Crippen LogP contribution in [0.2, 0.25) is 0 Å². The summed E-state index contributed by atoms with van der Waals surface area (Å²) in [6.45, 7) is 7.94. The topological polar surface area (TPSA) is 54.2 Å². The summed E-state index contributed by atoms with van der Waals surface area (Å²) < 4.78 is 0. The highest BCUT2D eigenvalue weighted by atomic mass is 15.2. The van der Waals surface area contributed by atoms with Crippen LogP contribution in [0.25, 0.3) is 10.9 Å². The van der Waals surface area contributed by atoms with Crippen LogP contribution >= 0.6 is 0 Å². The number of benzene rings is 1. The second-order valence-corrected chi connectivity index (χ2v) is 6.23. The molecule has 4 heteroatoms. The van der Waals surface area contributed by atoms with Crippen molar-refractivity contribution < 1.29 is 0 Å². The molecule has 2 aromatic rings.